The van der Waals surface area contributed by atoms with Crippen LogP contribution in [0.1, 0.15) is 25.0 Å². The topological polar surface area (TPSA) is 3.24 Å². The summed E-state index contributed by atoms with van der Waals surface area (Å²) in [5, 5.41) is 0. The molecule has 0 radical (unpaired) electrons. The number of benzene rings is 4. The van der Waals surface area contributed by atoms with Gasteiger partial charge in [0.2, 0.25) is 0 Å². The summed E-state index contributed by atoms with van der Waals surface area (Å²) in [4.78, 5) is 2.27. The Kier molecular flexibility index (Phi) is 4.06. The molecule has 1 aliphatic rings. The fourth-order valence-electron chi connectivity index (χ4n) is 4.56. The monoisotopic (exact) mass is 375 g/mol. The zero-order valence-electron chi connectivity index (χ0n) is 17.2. The van der Waals surface area contributed by atoms with Crippen LogP contribution in [0.4, 0.5) is 11.4 Å². The van der Waals surface area contributed by atoms with Crippen molar-refractivity contribution in [2.24, 2.45) is 0 Å². The molecule has 1 aliphatic carbocycles. The van der Waals surface area contributed by atoms with Crippen molar-refractivity contribution in [3.8, 4) is 22.3 Å². The van der Waals surface area contributed by atoms with E-state index in [2.05, 4.69) is 123 Å². The number of hydrogen-bond acceptors (Lipinski definition) is 1. The quantitative estimate of drug-likeness (QED) is 0.360. The summed E-state index contributed by atoms with van der Waals surface area (Å²) >= 11 is 0. The molecule has 0 saturated heterocycles. The first kappa shape index (κ1) is 17.8. The van der Waals surface area contributed by atoms with Crippen molar-refractivity contribution in [2.75, 3.05) is 11.9 Å². The van der Waals surface area contributed by atoms with Crippen molar-refractivity contribution < 1.29 is 0 Å². The summed E-state index contributed by atoms with van der Waals surface area (Å²) in [5.41, 5.74) is 10.5. The third-order valence-electron chi connectivity index (χ3n) is 6.32. The minimum absolute atomic E-state index is 0.0277. The molecule has 0 amide bonds. The van der Waals surface area contributed by atoms with E-state index in [0.29, 0.717) is 0 Å². The van der Waals surface area contributed by atoms with Crippen LogP contribution < -0.4 is 4.90 Å². The first-order valence-electron chi connectivity index (χ1n) is 10.2. The maximum atomic E-state index is 2.36. The summed E-state index contributed by atoms with van der Waals surface area (Å²) < 4.78 is 0. The van der Waals surface area contributed by atoms with Gasteiger partial charge in [0, 0.05) is 23.8 Å². The van der Waals surface area contributed by atoms with E-state index in [0.717, 1.165) is 0 Å². The lowest BCUT2D eigenvalue weighted by molar-refractivity contribution is 0.660. The SMILES string of the molecule is CN(c1ccc(-c2ccccc2)cc1)c1ccc2c(c1)C(C)(C)c1ccccc1-2. The van der Waals surface area contributed by atoms with Gasteiger partial charge in [-0.1, -0.05) is 86.6 Å². The average molecular weight is 376 g/mol. The molecule has 0 saturated carbocycles. The molecule has 0 heterocycles. The van der Waals surface area contributed by atoms with Crippen LogP contribution in [0.15, 0.2) is 97.1 Å². The minimum Gasteiger partial charge on any atom is -0.345 e. The molecular weight excluding hydrogens is 350 g/mol. The molecule has 1 heteroatoms. The first-order chi connectivity index (χ1) is 14.1. The van der Waals surface area contributed by atoms with Gasteiger partial charge in [-0.3, -0.25) is 0 Å². The Morgan fingerprint density at radius 1 is 0.552 bits per heavy atom. The van der Waals surface area contributed by atoms with Crippen LogP contribution >= 0.6 is 0 Å². The number of rotatable bonds is 3. The van der Waals surface area contributed by atoms with Crippen molar-refractivity contribution in [1.82, 2.24) is 0 Å². The standard InChI is InChI=1S/C28H25N/c1-28(2)26-12-8-7-11-24(26)25-18-17-23(19-27(25)28)29(3)22-15-13-21(14-16-22)20-9-5-4-6-10-20/h4-19H,1-3H3. The second-order valence-electron chi connectivity index (χ2n) is 8.37. The molecule has 0 atom stereocenters. The highest BCUT2D eigenvalue weighted by atomic mass is 15.1. The molecule has 0 aromatic heterocycles. The lowest BCUT2D eigenvalue weighted by atomic mass is 9.82. The van der Waals surface area contributed by atoms with Gasteiger partial charge in [0.15, 0.2) is 0 Å². The molecule has 0 spiro atoms. The third-order valence-corrected chi connectivity index (χ3v) is 6.32. The average Bonchev–Trinajstić information content (AvgIpc) is 3.01. The highest BCUT2D eigenvalue weighted by Gasteiger charge is 2.35. The van der Waals surface area contributed by atoms with Crippen molar-refractivity contribution in [1.29, 1.82) is 0 Å². The van der Waals surface area contributed by atoms with Gasteiger partial charge in [0.1, 0.15) is 0 Å². The fourth-order valence-corrected chi connectivity index (χ4v) is 4.56. The molecule has 4 aromatic carbocycles. The molecule has 0 N–H and O–H groups in total. The number of hydrogen-bond donors (Lipinski definition) is 0. The summed E-state index contributed by atoms with van der Waals surface area (Å²) in [7, 11) is 2.15. The van der Waals surface area contributed by atoms with Crippen LogP contribution in [-0.2, 0) is 5.41 Å². The first-order valence-corrected chi connectivity index (χ1v) is 10.2. The molecular formula is C28H25N. The summed E-state index contributed by atoms with van der Waals surface area (Å²) in [5.74, 6) is 0. The van der Waals surface area contributed by atoms with E-state index in [4.69, 9.17) is 0 Å². The molecule has 4 aromatic rings. The minimum atomic E-state index is 0.0277. The lowest BCUT2D eigenvalue weighted by Crippen LogP contribution is -2.16. The second-order valence-corrected chi connectivity index (χ2v) is 8.37. The molecule has 5 rings (SSSR count). The van der Waals surface area contributed by atoms with Crippen LogP contribution in [0, 0.1) is 0 Å². The van der Waals surface area contributed by atoms with E-state index in [9.17, 15) is 0 Å². The van der Waals surface area contributed by atoms with Crippen LogP contribution in [0.25, 0.3) is 22.3 Å². The maximum absolute atomic E-state index is 2.36. The Morgan fingerprint density at radius 3 is 1.90 bits per heavy atom. The normalized spacial score (nSPS) is 13.6. The van der Waals surface area contributed by atoms with Crippen molar-refractivity contribution >= 4 is 11.4 Å². The molecule has 0 bridgehead atoms. The number of fused-ring (bicyclic) bond motifs is 3. The summed E-state index contributed by atoms with van der Waals surface area (Å²) in [6.07, 6.45) is 0. The van der Waals surface area contributed by atoms with Crippen molar-refractivity contribution in [3.63, 3.8) is 0 Å². The fraction of sp³-hybridized carbons (Fsp3) is 0.143. The third kappa shape index (κ3) is 2.86. The van der Waals surface area contributed by atoms with Gasteiger partial charge < -0.3 is 4.90 Å². The molecule has 29 heavy (non-hydrogen) atoms. The van der Waals surface area contributed by atoms with Gasteiger partial charge in [-0.15, -0.1) is 0 Å². The Bertz CT molecular complexity index is 1170. The van der Waals surface area contributed by atoms with Gasteiger partial charge in [-0.2, -0.15) is 0 Å². The molecule has 0 unspecified atom stereocenters. The highest BCUT2D eigenvalue weighted by molar-refractivity contribution is 5.83. The van der Waals surface area contributed by atoms with E-state index in [1.807, 2.05) is 0 Å². The molecule has 1 nitrogen and oxygen atoms in total. The number of nitrogens with zero attached hydrogens (tertiary/aromatic N) is 1. The van der Waals surface area contributed by atoms with Crippen LogP contribution in [-0.4, -0.2) is 7.05 Å². The van der Waals surface area contributed by atoms with E-state index in [1.165, 1.54) is 44.8 Å². The Labute approximate surface area is 173 Å². The van der Waals surface area contributed by atoms with Crippen LogP contribution in [0.5, 0.6) is 0 Å². The maximum Gasteiger partial charge on any atom is 0.0411 e. The smallest absolute Gasteiger partial charge is 0.0411 e. The summed E-state index contributed by atoms with van der Waals surface area (Å²) in [6.45, 7) is 4.66. The van der Waals surface area contributed by atoms with Gasteiger partial charge >= 0.3 is 0 Å². The lowest BCUT2D eigenvalue weighted by Gasteiger charge is -2.25. The van der Waals surface area contributed by atoms with Crippen LogP contribution in [0.3, 0.4) is 0 Å². The molecule has 0 aliphatic heterocycles. The van der Waals surface area contributed by atoms with Crippen molar-refractivity contribution in [2.45, 2.75) is 19.3 Å². The summed E-state index contributed by atoms with van der Waals surface area (Å²) in [6, 6.07) is 35.0. The zero-order valence-corrected chi connectivity index (χ0v) is 17.2. The van der Waals surface area contributed by atoms with Crippen LogP contribution in [0.2, 0.25) is 0 Å². The van der Waals surface area contributed by atoms with Gasteiger partial charge in [-0.25, -0.2) is 0 Å². The highest BCUT2D eigenvalue weighted by Crippen LogP contribution is 2.49. The Morgan fingerprint density at radius 2 is 1.14 bits per heavy atom. The van der Waals surface area contributed by atoms with E-state index in [-0.39, 0.29) is 5.41 Å². The van der Waals surface area contributed by atoms with Gasteiger partial charge in [0.05, 0.1) is 0 Å². The Hall–Kier alpha value is -3.32. The molecule has 0 fully saturated rings. The van der Waals surface area contributed by atoms with E-state index >= 15 is 0 Å². The Balaban J connectivity index is 1.49. The number of anilines is 2. The predicted octanol–water partition coefficient (Wildman–Crippen LogP) is 7.43. The van der Waals surface area contributed by atoms with Gasteiger partial charge in [-0.05, 0) is 57.6 Å². The van der Waals surface area contributed by atoms with Gasteiger partial charge in [0.25, 0.3) is 0 Å². The molecule has 142 valence electrons. The second kappa shape index (κ2) is 6.63. The largest absolute Gasteiger partial charge is 0.345 e. The van der Waals surface area contributed by atoms with E-state index in [1.54, 1.807) is 0 Å². The zero-order chi connectivity index (χ0) is 20.0. The van der Waals surface area contributed by atoms with E-state index < -0.39 is 0 Å². The van der Waals surface area contributed by atoms with Crippen molar-refractivity contribution in [3.05, 3.63) is 108 Å². The predicted molar refractivity (Wildman–Crippen MR) is 124 cm³/mol.